The van der Waals surface area contributed by atoms with E-state index in [2.05, 4.69) is 29.7 Å². The molecule has 2 aromatic heterocycles. The number of fused-ring (bicyclic) bond motifs is 1. The van der Waals surface area contributed by atoms with Crippen LogP contribution in [-0.2, 0) is 33.9 Å². The van der Waals surface area contributed by atoms with Gasteiger partial charge in [-0.2, -0.15) is 13.5 Å². The normalized spacial score (nSPS) is 17.3. The van der Waals surface area contributed by atoms with E-state index in [0.29, 0.717) is 33.5 Å². The lowest BCUT2D eigenvalue weighted by Gasteiger charge is -2.50. The van der Waals surface area contributed by atoms with Crippen LogP contribution in [0.15, 0.2) is 33.9 Å². The van der Waals surface area contributed by atoms with Gasteiger partial charge < -0.3 is 36.4 Å². The molecule has 44 heavy (non-hydrogen) atoms. The Morgan fingerprint density at radius 2 is 2.09 bits per heavy atom. The summed E-state index contributed by atoms with van der Waals surface area (Å²) < 4.78 is 41.0. The van der Waals surface area contributed by atoms with Gasteiger partial charge in [0.1, 0.15) is 24.1 Å². The first-order valence-corrected chi connectivity index (χ1v) is 15.9. The number of aromatic amines is 1. The summed E-state index contributed by atoms with van der Waals surface area (Å²) in [5.74, 6) is -2.37. The number of hydrogen-bond acceptors (Lipinski definition) is 15. The third kappa shape index (κ3) is 7.73. The van der Waals surface area contributed by atoms with Gasteiger partial charge in [0, 0.05) is 17.2 Å². The van der Waals surface area contributed by atoms with E-state index < -0.39 is 58.2 Å². The molecule has 1 aliphatic rings. The molecule has 0 spiro atoms. The summed E-state index contributed by atoms with van der Waals surface area (Å²) in [6, 6.07) is 3.61. The zero-order chi connectivity index (χ0) is 32.2. The highest BCUT2D eigenvalue weighted by Gasteiger charge is 2.58. The van der Waals surface area contributed by atoms with Crippen molar-refractivity contribution in [2.24, 2.45) is 10.9 Å². The van der Waals surface area contributed by atoms with Gasteiger partial charge in [-0.25, -0.2) is 14.8 Å². The number of oxime groups is 1. The number of H-pyrrole nitrogens is 1. The van der Waals surface area contributed by atoms with Crippen molar-refractivity contribution in [1.29, 1.82) is 0 Å². The first-order valence-electron chi connectivity index (χ1n) is 12.6. The lowest BCUT2D eigenvalue weighted by Crippen LogP contribution is -2.76. The van der Waals surface area contributed by atoms with E-state index >= 15 is 0 Å². The molecule has 0 unspecified atom stereocenters. The second kappa shape index (κ2) is 13.3. The van der Waals surface area contributed by atoms with Crippen LogP contribution in [-0.4, -0.2) is 98.2 Å². The molecule has 0 bridgehead atoms. The van der Waals surface area contributed by atoms with Crippen molar-refractivity contribution in [3.63, 3.8) is 0 Å². The van der Waals surface area contributed by atoms with Crippen LogP contribution in [0.2, 0.25) is 0 Å². The Morgan fingerprint density at radius 3 is 2.70 bits per heavy atom. The predicted octanol–water partition coefficient (Wildman–Crippen LogP) is 0.135. The van der Waals surface area contributed by atoms with Crippen LogP contribution in [0.3, 0.4) is 0 Å². The Balaban J connectivity index is 1.46. The number of hydroxylamine groups is 2. The molecule has 0 aliphatic carbocycles. The number of β-lactam (4-membered cyclic amide) rings is 1. The van der Waals surface area contributed by atoms with E-state index in [1.807, 2.05) is 0 Å². The number of amides is 2. The monoisotopic (exact) mass is 672 g/mol. The molecule has 1 fully saturated rings. The Hall–Kier alpha value is -4.02. The van der Waals surface area contributed by atoms with Gasteiger partial charge >= 0.3 is 16.4 Å². The summed E-state index contributed by atoms with van der Waals surface area (Å²) in [6.45, 7) is 2.77. The van der Waals surface area contributed by atoms with E-state index in [1.54, 1.807) is 18.2 Å². The third-order valence-electron chi connectivity index (χ3n) is 6.07. The van der Waals surface area contributed by atoms with E-state index in [9.17, 15) is 27.9 Å². The SMILES string of the molecule is CC1(C)[C@H](NC(=O)/C(=N\O[C@H](COc2ccc3nc(SCCCN)[nH]c3c2)C(=O)O)c2csc(N)n2)C(=O)N1OS(=O)(=O)O. The van der Waals surface area contributed by atoms with Crippen molar-refractivity contribution < 1.29 is 46.3 Å². The molecule has 4 rings (SSSR count). The molecule has 1 aliphatic heterocycles. The zero-order valence-electron chi connectivity index (χ0n) is 23.1. The van der Waals surface area contributed by atoms with Gasteiger partial charge in [0.25, 0.3) is 17.9 Å². The number of rotatable bonds is 15. The number of aromatic nitrogens is 3. The fourth-order valence-corrected chi connectivity index (χ4v) is 5.68. The van der Waals surface area contributed by atoms with Crippen molar-refractivity contribution in [3.05, 3.63) is 29.3 Å². The molecule has 8 N–H and O–H groups in total. The number of ether oxygens (including phenoxy) is 1. The predicted molar refractivity (Wildman–Crippen MR) is 157 cm³/mol. The second-order valence-electron chi connectivity index (χ2n) is 9.66. The van der Waals surface area contributed by atoms with Crippen molar-refractivity contribution in [2.45, 2.75) is 43.1 Å². The molecule has 0 saturated carbocycles. The molecule has 0 radical (unpaired) electrons. The summed E-state index contributed by atoms with van der Waals surface area (Å²) in [7, 11) is -5.01. The standard InChI is InChI=1S/C23H28N8O10S3/c1-23(2)17(19(33)31(23)41-44(36,37)38)29-18(32)16(14-10-43-21(25)26-14)30-40-15(20(34)35)9-39-11-4-5-12-13(8-11)28-22(27-12)42-7-3-6-24/h4-5,8,10,15,17H,3,6-7,9,24H2,1-2H3,(H2,25,26)(H,27,28)(H,29,32)(H,34,35)(H,36,37,38)/b30-16-/t15-,17-/m1/s1. The highest BCUT2D eigenvalue weighted by atomic mass is 32.3. The molecule has 238 valence electrons. The minimum Gasteiger partial charge on any atom is -0.489 e. The van der Waals surface area contributed by atoms with E-state index in [-0.39, 0.29) is 10.8 Å². The molecule has 2 amide bonds. The molecule has 3 aromatic rings. The maximum atomic E-state index is 13.2. The highest BCUT2D eigenvalue weighted by molar-refractivity contribution is 7.99. The number of carbonyl (C=O) groups is 3. The van der Waals surface area contributed by atoms with Gasteiger partial charge in [-0.1, -0.05) is 16.9 Å². The van der Waals surface area contributed by atoms with E-state index in [0.717, 1.165) is 23.5 Å². The van der Waals surface area contributed by atoms with Crippen molar-refractivity contribution >= 4 is 73.2 Å². The average molecular weight is 673 g/mol. The van der Waals surface area contributed by atoms with Gasteiger partial charge in [-0.15, -0.1) is 15.6 Å². The summed E-state index contributed by atoms with van der Waals surface area (Å²) in [5.41, 5.74) is 10.5. The summed E-state index contributed by atoms with van der Waals surface area (Å²) >= 11 is 2.47. The molecular formula is C23H28N8O10S3. The topological polar surface area (TPSA) is 275 Å². The Labute approximate surface area is 258 Å². The number of nitrogens with two attached hydrogens (primary N) is 2. The lowest BCUT2D eigenvalue weighted by atomic mass is 9.84. The number of nitrogens with one attached hydrogen (secondary N) is 2. The number of imidazole rings is 1. The van der Waals surface area contributed by atoms with Crippen LogP contribution in [0.4, 0.5) is 5.13 Å². The zero-order valence-corrected chi connectivity index (χ0v) is 25.6. The minimum atomic E-state index is -5.01. The van der Waals surface area contributed by atoms with Crippen molar-refractivity contribution in [2.75, 3.05) is 24.6 Å². The fraction of sp³-hybridized carbons (Fsp3) is 0.391. The number of thiazole rings is 1. The smallest absolute Gasteiger partial charge is 0.418 e. The number of aliphatic carboxylic acids is 1. The first kappa shape index (κ1) is 32.9. The van der Waals surface area contributed by atoms with E-state index in [4.69, 9.17) is 25.6 Å². The Morgan fingerprint density at radius 1 is 1.34 bits per heavy atom. The van der Waals surface area contributed by atoms with E-state index in [1.165, 1.54) is 31.0 Å². The molecule has 2 atom stereocenters. The first-order chi connectivity index (χ1) is 20.7. The number of nitrogens with zero attached hydrogens (tertiary/aromatic N) is 4. The van der Waals surface area contributed by atoms with Crippen LogP contribution < -0.4 is 21.5 Å². The fourth-order valence-electron chi connectivity index (χ4n) is 3.83. The van der Waals surface area contributed by atoms with Gasteiger partial charge in [-0.05, 0) is 38.9 Å². The van der Waals surface area contributed by atoms with Gasteiger partial charge in [0.2, 0.25) is 0 Å². The summed E-state index contributed by atoms with van der Waals surface area (Å²) in [6.07, 6.45) is -0.857. The largest absolute Gasteiger partial charge is 0.489 e. The number of thioether (sulfide) groups is 1. The lowest BCUT2D eigenvalue weighted by molar-refractivity contribution is -0.218. The van der Waals surface area contributed by atoms with Gasteiger partial charge in [0.05, 0.1) is 16.6 Å². The number of anilines is 1. The van der Waals surface area contributed by atoms with Gasteiger partial charge in [-0.3, -0.25) is 14.1 Å². The molecular weight excluding hydrogens is 645 g/mol. The molecule has 1 saturated heterocycles. The van der Waals surface area contributed by atoms with Crippen LogP contribution in [0, 0.1) is 0 Å². The Bertz CT molecular complexity index is 1690. The molecule has 1 aromatic carbocycles. The van der Waals surface area contributed by atoms with Crippen molar-refractivity contribution in [3.8, 4) is 5.75 Å². The van der Waals surface area contributed by atoms with Crippen LogP contribution >= 0.6 is 23.1 Å². The molecule has 21 heteroatoms. The number of hydrogen-bond donors (Lipinski definition) is 6. The maximum Gasteiger partial charge on any atom is 0.418 e. The number of carboxylic acids is 1. The second-order valence-corrected chi connectivity index (χ2v) is 12.6. The summed E-state index contributed by atoms with van der Waals surface area (Å²) in [4.78, 5) is 54.3. The van der Waals surface area contributed by atoms with Crippen LogP contribution in [0.1, 0.15) is 26.0 Å². The number of carbonyl (C=O) groups excluding carboxylic acids is 2. The number of carboxylic acid groups (broad SMARTS) is 1. The minimum absolute atomic E-state index is 0.0570. The van der Waals surface area contributed by atoms with Crippen molar-refractivity contribution in [1.82, 2.24) is 25.3 Å². The van der Waals surface area contributed by atoms with Gasteiger partial charge in [0.15, 0.2) is 16.0 Å². The molecule has 18 nitrogen and oxygen atoms in total. The van der Waals surface area contributed by atoms with Crippen LogP contribution in [0.5, 0.6) is 5.75 Å². The molecule has 3 heterocycles. The quantitative estimate of drug-likeness (QED) is 0.0313. The highest BCUT2D eigenvalue weighted by Crippen LogP contribution is 2.33. The summed E-state index contributed by atoms with van der Waals surface area (Å²) in [5, 5.41) is 18.3. The number of nitrogen functional groups attached to an aromatic ring is 1. The number of benzene rings is 1. The average Bonchev–Trinajstić information content (AvgIpc) is 3.56. The third-order valence-corrected chi connectivity index (χ3v) is 8.04. The van der Waals surface area contributed by atoms with Crippen LogP contribution in [0.25, 0.3) is 11.0 Å². The Kier molecular flexibility index (Phi) is 9.95. The maximum absolute atomic E-state index is 13.2.